The lowest BCUT2D eigenvalue weighted by molar-refractivity contribution is -0.146. The molecule has 0 spiro atoms. The van der Waals surface area contributed by atoms with Crippen LogP contribution < -0.4 is 0 Å². The van der Waals surface area contributed by atoms with E-state index in [2.05, 4.69) is 6.92 Å². The van der Waals surface area contributed by atoms with E-state index in [1.807, 2.05) is 0 Å². The predicted molar refractivity (Wildman–Crippen MR) is 82.0 cm³/mol. The van der Waals surface area contributed by atoms with Crippen molar-refractivity contribution in [3.8, 4) is 0 Å². The Kier molecular flexibility index (Phi) is 4.38. The van der Waals surface area contributed by atoms with E-state index in [4.69, 9.17) is 9.78 Å². The molecule has 7 nitrogen and oxygen atoms in total. The molecule has 0 saturated carbocycles. The van der Waals surface area contributed by atoms with Gasteiger partial charge in [0.05, 0.1) is 11.1 Å². The van der Waals surface area contributed by atoms with Gasteiger partial charge in [-0.15, -0.1) is 0 Å². The quantitative estimate of drug-likeness (QED) is 0.339. The Morgan fingerprint density at radius 2 is 1.71 bits per heavy atom. The molecule has 3 rings (SSSR count). The third kappa shape index (κ3) is 2.59. The molecular weight excluding hydrogens is 314 g/mol. The average Bonchev–Trinajstić information content (AvgIpc) is 3.34. The van der Waals surface area contributed by atoms with Gasteiger partial charge in [-0.1, -0.05) is 44.7 Å². The van der Waals surface area contributed by atoms with Gasteiger partial charge in [-0.05, 0) is 18.6 Å². The summed E-state index contributed by atoms with van der Waals surface area (Å²) in [7, 11) is 0. The van der Waals surface area contributed by atoms with Gasteiger partial charge in [-0.2, -0.15) is 9.78 Å². The van der Waals surface area contributed by atoms with Crippen LogP contribution >= 0.6 is 0 Å². The van der Waals surface area contributed by atoms with E-state index in [-0.39, 0.29) is 11.1 Å². The molecule has 2 heterocycles. The molecule has 128 valence electrons. The van der Waals surface area contributed by atoms with Crippen molar-refractivity contribution in [1.82, 2.24) is 4.90 Å². The summed E-state index contributed by atoms with van der Waals surface area (Å²) in [4.78, 5) is 47.3. The number of benzene rings is 1. The van der Waals surface area contributed by atoms with Crippen molar-refractivity contribution in [1.29, 1.82) is 0 Å². The molecule has 2 aliphatic heterocycles. The topological polar surface area (TPSA) is 99.7 Å². The molecule has 2 aliphatic rings. The van der Waals surface area contributed by atoms with E-state index in [0.29, 0.717) is 12.8 Å². The summed E-state index contributed by atoms with van der Waals surface area (Å²) in [5.74, 6) is -4.29. The van der Waals surface area contributed by atoms with Crippen LogP contribution in [0.3, 0.4) is 0 Å². The van der Waals surface area contributed by atoms with Crippen LogP contribution in [0.2, 0.25) is 0 Å². The van der Waals surface area contributed by atoms with Crippen LogP contribution in [-0.4, -0.2) is 39.6 Å². The first kappa shape index (κ1) is 16.6. The third-order valence-corrected chi connectivity index (χ3v) is 4.47. The number of nitrogens with zero attached hydrogens (tertiary/aromatic N) is 1. The molecule has 0 radical (unpaired) electrons. The van der Waals surface area contributed by atoms with Crippen molar-refractivity contribution in [3.63, 3.8) is 0 Å². The zero-order chi connectivity index (χ0) is 17.3. The normalized spacial score (nSPS) is 19.3. The summed E-state index contributed by atoms with van der Waals surface area (Å²) >= 11 is 0. The summed E-state index contributed by atoms with van der Waals surface area (Å²) in [5, 5.41) is 9.43. The number of unbranched alkanes of at least 4 members (excludes halogenated alkanes) is 3. The molecule has 1 atom stereocenters. The Morgan fingerprint density at radius 1 is 1.12 bits per heavy atom. The van der Waals surface area contributed by atoms with Crippen LogP contribution in [0.25, 0.3) is 0 Å². The van der Waals surface area contributed by atoms with Gasteiger partial charge in [0.1, 0.15) is 6.04 Å². The standard InChI is InChI=1S/C17H19NO6/c1-2-3-4-5-10-13(17(16(21)22)23-24-17)18-14(19)11-8-6-7-9-12(11)15(18)20/h6-9,13H,2-5,10H2,1H3,(H,21,22). The summed E-state index contributed by atoms with van der Waals surface area (Å²) in [6.45, 7) is 2.06. The van der Waals surface area contributed by atoms with Gasteiger partial charge in [0.15, 0.2) is 0 Å². The molecule has 2 amide bonds. The van der Waals surface area contributed by atoms with Gasteiger partial charge in [0.25, 0.3) is 11.8 Å². The second-order valence-corrected chi connectivity index (χ2v) is 6.03. The fraction of sp³-hybridized carbons (Fsp3) is 0.471. The lowest BCUT2D eigenvalue weighted by Gasteiger charge is -2.26. The fourth-order valence-corrected chi connectivity index (χ4v) is 3.11. The van der Waals surface area contributed by atoms with Gasteiger partial charge < -0.3 is 5.11 Å². The SMILES string of the molecule is CCCCCCC(N1C(=O)c2ccccc2C1=O)C1(C(=O)O)OO1. The Bertz CT molecular complexity index is 646. The van der Waals surface area contributed by atoms with Crippen molar-refractivity contribution < 1.29 is 29.3 Å². The molecule has 7 heteroatoms. The Morgan fingerprint density at radius 3 is 2.17 bits per heavy atom. The van der Waals surface area contributed by atoms with Crippen molar-refractivity contribution in [2.75, 3.05) is 0 Å². The maximum absolute atomic E-state index is 12.6. The van der Waals surface area contributed by atoms with E-state index < -0.39 is 29.6 Å². The first-order valence-electron chi connectivity index (χ1n) is 8.10. The van der Waals surface area contributed by atoms with E-state index >= 15 is 0 Å². The molecule has 0 aliphatic carbocycles. The number of aliphatic carboxylic acids is 1. The zero-order valence-corrected chi connectivity index (χ0v) is 13.4. The second kappa shape index (κ2) is 6.33. The number of rotatable bonds is 8. The average molecular weight is 333 g/mol. The number of amides is 2. The summed E-state index contributed by atoms with van der Waals surface area (Å²) in [6.07, 6.45) is 3.89. The summed E-state index contributed by atoms with van der Waals surface area (Å²) in [5.41, 5.74) is 0.560. The summed E-state index contributed by atoms with van der Waals surface area (Å²) in [6, 6.07) is 5.47. The van der Waals surface area contributed by atoms with Crippen molar-refractivity contribution in [3.05, 3.63) is 35.4 Å². The lowest BCUT2D eigenvalue weighted by atomic mass is 9.99. The van der Waals surface area contributed by atoms with E-state index in [1.165, 1.54) is 0 Å². The molecule has 1 unspecified atom stereocenters. The van der Waals surface area contributed by atoms with Gasteiger partial charge >= 0.3 is 11.8 Å². The number of imide groups is 1. The monoisotopic (exact) mass is 333 g/mol. The zero-order valence-electron chi connectivity index (χ0n) is 13.4. The maximum Gasteiger partial charge on any atom is 0.372 e. The highest BCUT2D eigenvalue weighted by Gasteiger charge is 2.67. The highest BCUT2D eigenvalue weighted by Crippen LogP contribution is 2.41. The molecule has 24 heavy (non-hydrogen) atoms. The number of hydrogen-bond donors (Lipinski definition) is 1. The number of carboxylic acid groups (broad SMARTS) is 1. The molecule has 0 aromatic heterocycles. The van der Waals surface area contributed by atoms with Gasteiger partial charge in [-0.3, -0.25) is 14.5 Å². The van der Waals surface area contributed by atoms with Crippen LogP contribution in [0.5, 0.6) is 0 Å². The number of carbonyl (C=O) groups excluding carboxylic acids is 2. The first-order chi connectivity index (χ1) is 11.5. The number of carboxylic acids is 1. The number of fused-ring (bicyclic) bond motifs is 1. The molecule has 1 N–H and O–H groups in total. The minimum atomic E-state index is -1.94. The van der Waals surface area contributed by atoms with Crippen molar-refractivity contribution in [2.24, 2.45) is 0 Å². The largest absolute Gasteiger partial charge is 0.477 e. The minimum Gasteiger partial charge on any atom is -0.477 e. The van der Waals surface area contributed by atoms with E-state index in [1.54, 1.807) is 24.3 Å². The molecule has 1 fully saturated rings. The predicted octanol–water partition coefficient (Wildman–Crippen LogP) is 2.36. The van der Waals surface area contributed by atoms with Crippen LogP contribution in [0.4, 0.5) is 0 Å². The first-order valence-corrected chi connectivity index (χ1v) is 8.10. The Balaban J connectivity index is 1.88. The third-order valence-electron chi connectivity index (χ3n) is 4.47. The van der Waals surface area contributed by atoms with Crippen LogP contribution in [0, 0.1) is 0 Å². The van der Waals surface area contributed by atoms with Crippen LogP contribution in [-0.2, 0) is 14.6 Å². The lowest BCUT2D eigenvalue weighted by Crippen LogP contribution is -2.52. The minimum absolute atomic E-state index is 0.280. The Labute approximate surface area is 139 Å². The Hall–Kier alpha value is -2.25. The number of hydrogen-bond acceptors (Lipinski definition) is 5. The van der Waals surface area contributed by atoms with Crippen LogP contribution in [0.1, 0.15) is 59.7 Å². The van der Waals surface area contributed by atoms with Gasteiger partial charge in [-0.25, -0.2) is 4.79 Å². The fourth-order valence-electron chi connectivity index (χ4n) is 3.11. The summed E-state index contributed by atoms with van der Waals surface area (Å²) < 4.78 is 0. The van der Waals surface area contributed by atoms with Crippen molar-refractivity contribution >= 4 is 17.8 Å². The highest BCUT2D eigenvalue weighted by atomic mass is 17.4. The smallest absolute Gasteiger partial charge is 0.372 e. The highest BCUT2D eigenvalue weighted by molar-refractivity contribution is 6.21. The van der Waals surface area contributed by atoms with E-state index in [9.17, 15) is 19.5 Å². The number of carbonyl (C=O) groups is 3. The van der Waals surface area contributed by atoms with Crippen molar-refractivity contribution in [2.45, 2.75) is 50.9 Å². The maximum atomic E-state index is 12.6. The van der Waals surface area contributed by atoms with Gasteiger partial charge in [0, 0.05) is 0 Å². The van der Waals surface area contributed by atoms with E-state index in [0.717, 1.165) is 24.2 Å². The molecule has 1 aromatic carbocycles. The molecule has 1 aromatic rings. The molecule has 0 bridgehead atoms. The van der Waals surface area contributed by atoms with Crippen LogP contribution in [0.15, 0.2) is 24.3 Å². The molecular formula is C17H19NO6. The van der Waals surface area contributed by atoms with Gasteiger partial charge in [0.2, 0.25) is 0 Å². The molecule has 1 saturated heterocycles. The second-order valence-electron chi connectivity index (χ2n) is 6.03.